The summed E-state index contributed by atoms with van der Waals surface area (Å²) in [7, 11) is 3.31. The first-order valence-corrected chi connectivity index (χ1v) is 6.34. The SMILES string of the molecule is COc1cc(CCNC2=NCCC=N2)cc(OC)c1. The molecule has 1 N–H and O–H groups in total. The zero-order chi connectivity index (χ0) is 13.5. The Morgan fingerprint density at radius 3 is 2.47 bits per heavy atom. The van der Waals surface area contributed by atoms with E-state index in [9.17, 15) is 0 Å². The Morgan fingerprint density at radius 2 is 1.89 bits per heavy atom. The minimum Gasteiger partial charge on any atom is -0.497 e. The minimum absolute atomic E-state index is 0.723. The Hall–Kier alpha value is -2.04. The van der Waals surface area contributed by atoms with E-state index in [0.29, 0.717) is 0 Å². The van der Waals surface area contributed by atoms with Crippen LogP contribution in [0.25, 0.3) is 0 Å². The molecule has 0 spiro atoms. The maximum Gasteiger partial charge on any atom is 0.217 e. The van der Waals surface area contributed by atoms with Gasteiger partial charge in [0.25, 0.3) is 0 Å². The van der Waals surface area contributed by atoms with Gasteiger partial charge in [0.1, 0.15) is 11.5 Å². The topological polar surface area (TPSA) is 55.2 Å². The number of nitrogens with zero attached hydrogens (tertiary/aromatic N) is 2. The molecule has 1 heterocycles. The van der Waals surface area contributed by atoms with Crippen molar-refractivity contribution < 1.29 is 9.47 Å². The Bertz CT molecular complexity index is 461. The van der Waals surface area contributed by atoms with E-state index in [0.717, 1.165) is 49.0 Å². The predicted molar refractivity (Wildman–Crippen MR) is 76.7 cm³/mol. The third-order valence-corrected chi connectivity index (χ3v) is 2.84. The number of ether oxygens (including phenoxy) is 2. The second-order valence-electron chi connectivity index (χ2n) is 4.20. The van der Waals surface area contributed by atoms with Gasteiger partial charge in [-0.1, -0.05) is 0 Å². The second-order valence-corrected chi connectivity index (χ2v) is 4.20. The lowest BCUT2D eigenvalue weighted by atomic mass is 10.1. The summed E-state index contributed by atoms with van der Waals surface area (Å²) in [4.78, 5) is 8.48. The molecule has 102 valence electrons. The fourth-order valence-corrected chi connectivity index (χ4v) is 1.85. The molecule has 0 aliphatic carbocycles. The van der Waals surface area contributed by atoms with Gasteiger partial charge >= 0.3 is 0 Å². The van der Waals surface area contributed by atoms with Crippen LogP contribution in [0.15, 0.2) is 28.2 Å². The molecule has 0 bridgehead atoms. The van der Waals surface area contributed by atoms with E-state index in [2.05, 4.69) is 15.3 Å². The first-order valence-electron chi connectivity index (χ1n) is 6.34. The van der Waals surface area contributed by atoms with E-state index in [1.165, 1.54) is 0 Å². The number of benzene rings is 1. The Kier molecular flexibility index (Phi) is 4.78. The van der Waals surface area contributed by atoms with Crippen molar-refractivity contribution in [2.45, 2.75) is 12.8 Å². The molecule has 0 unspecified atom stereocenters. The van der Waals surface area contributed by atoms with Crippen molar-refractivity contribution in [3.63, 3.8) is 0 Å². The first-order chi connectivity index (χ1) is 9.31. The smallest absolute Gasteiger partial charge is 0.217 e. The average molecular weight is 261 g/mol. The molecule has 1 aliphatic heterocycles. The standard InChI is InChI=1S/C14H19N3O2/c1-18-12-8-11(9-13(10-12)19-2)4-7-17-14-15-5-3-6-16-14/h5,8-10H,3-4,6-7H2,1-2H3,(H,16,17). The molecule has 1 aliphatic rings. The summed E-state index contributed by atoms with van der Waals surface area (Å²) in [6.45, 7) is 1.60. The first kappa shape index (κ1) is 13.4. The lowest BCUT2D eigenvalue weighted by Crippen LogP contribution is -2.26. The van der Waals surface area contributed by atoms with Crippen molar-refractivity contribution in [1.29, 1.82) is 0 Å². The Labute approximate surface area is 113 Å². The van der Waals surface area contributed by atoms with E-state index >= 15 is 0 Å². The van der Waals surface area contributed by atoms with E-state index in [4.69, 9.17) is 9.47 Å². The predicted octanol–water partition coefficient (Wildman–Crippen LogP) is 1.67. The van der Waals surface area contributed by atoms with Crippen molar-refractivity contribution in [1.82, 2.24) is 5.32 Å². The van der Waals surface area contributed by atoms with E-state index < -0.39 is 0 Å². The number of methoxy groups -OCH3 is 2. The maximum absolute atomic E-state index is 5.25. The summed E-state index contributed by atoms with van der Waals surface area (Å²) < 4.78 is 10.5. The van der Waals surface area contributed by atoms with Crippen LogP contribution in [0, 0.1) is 0 Å². The molecule has 0 aromatic heterocycles. The van der Waals surface area contributed by atoms with Crippen molar-refractivity contribution in [2.75, 3.05) is 27.3 Å². The lowest BCUT2D eigenvalue weighted by Gasteiger charge is -2.10. The number of nitrogens with one attached hydrogen (secondary N) is 1. The number of aliphatic imine (C=N–C) groups is 2. The van der Waals surface area contributed by atoms with Crippen molar-refractivity contribution in [3.05, 3.63) is 23.8 Å². The van der Waals surface area contributed by atoms with Crippen LogP contribution in [-0.4, -0.2) is 39.5 Å². The molecule has 0 radical (unpaired) electrons. The molecule has 2 rings (SSSR count). The summed E-state index contributed by atoms with van der Waals surface area (Å²) in [5, 5.41) is 3.22. The largest absolute Gasteiger partial charge is 0.497 e. The van der Waals surface area contributed by atoms with Crippen LogP contribution in [0.4, 0.5) is 0 Å². The third kappa shape index (κ3) is 3.98. The molecular weight excluding hydrogens is 242 g/mol. The molecule has 0 saturated heterocycles. The van der Waals surface area contributed by atoms with Crippen LogP contribution in [0.5, 0.6) is 11.5 Å². The van der Waals surface area contributed by atoms with Gasteiger partial charge in [-0.2, -0.15) is 0 Å². The zero-order valence-corrected chi connectivity index (χ0v) is 11.3. The van der Waals surface area contributed by atoms with Gasteiger partial charge in [-0.25, -0.2) is 4.99 Å². The molecular formula is C14H19N3O2. The second kappa shape index (κ2) is 6.78. The summed E-state index contributed by atoms with van der Waals surface area (Å²) in [5.41, 5.74) is 1.16. The van der Waals surface area contributed by atoms with E-state index in [1.807, 2.05) is 24.4 Å². The van der Waals surface area contributed by atoms with E-state index in [1.54, 1.807) is 14.2 Å². The van der Waals surface area contributed by atoms with E-state index in [-0.39, 0.29) is 0 Å². The Balaban J connectivity index is 1.91. The zero-order valence-electron chi connectivity index (χ0n) is 11.3. The number of rotatable bonds is 5. The van der Waals surface area contributed by atoms with Crippen LogP contribution in [0.1, 0.15) is 12.0 Å². The molecule has 5 nitrogen and oxygen atoms in total. The summed E-state index contributed by atoms with van der Waals surface area (Å²) in [6, 6.07) is 5.89. The number of hydrogen-bond acceptors (Lipinski definition) is 5. The monoisotopic (exact) mass is 261 g/mol. The highest BCUT2D eigenvalue weighted by atomic mass is 16.5. The van der Waals surface area contributed by atoms with Crippen LogP contribution < -0.4 is 14.8 Å². The van der Waals surface area contributed by atoms with Gasteiger partial charge in [-0.15, -0.1) is 0 Å². The molecule has 0 atom stereocenters. The van der Waals surface area contributed by atoms with Crippen molar-refractivity contribution in [2.24, 2.45) is 9.98 Å². The molecule has 0 amide bonds. The van der Waals surface area contributed by atoms with Gasteiger partial charge in [0.05, 0.1) is 14.2 Å². The van der Waals surface area contributed by atoms with Crippen LogP contribution in [0.3, 0.4) is 0 Å². The summed E-state index contributed by atoms with van der Waals surface area (Å²) in [6.07, 6.45) is 3.68. The van der Waals surface area contributed by atoms with Gasteiger partial charge in [-0.3, -0.25) is 4.99 Å². The van der Waals surface area contributed by atoms with Gasteiger partial charge < -0.3 is 14.8 Å². The number of hydrogen-bond donors (Lipinski definition) is 1. The highest BCUT2D eigenvalue weighted by molar-refractivity contribution is 5.89. The van der Waals surface area contributed by atoms with Crippen LogP contribution >= 0.6 is 0 Å². The van der Waals surface area contributed by atoms with Crippen LogP contribution in [0.2, 0.25) is 0 Å². The number of guanidine groups is 1. The molecule has 1 aromatic carbocycles. The van der Waals surface area contributed by atoms with Crippen molar-refractivity contribution >= 4 is 12.2 Å². The van der Waals surface area contributed by atoms with Crippen LogP contribution in [-0.2, 0) is 6.42 Å². The molecule has 19 heavy (non-hydrogen) atoms. The fourth-order valence-electron chi connectivity index (χ4n) is 1.85. The Morgan fingerprint density at radius 1 is 1.16 bits per heavy atom. The molecule has 0 saturated carbocycles. The van der Waals surface area contributed by atoms with Gasteiger partial charge in [0.15, 0.2) is 0 Å². The lowest BCUT2D eigenvalue weighted by molar-refractivity contribution is 0.393. The highest BCUT2D eigenvalue weighted by Gasteiger charge is 2.03. The van der Waals surface area contributed by atoms with Crippen molar-refractivity contribution in [3.8, 4) is 11.5 Å². The molecule has 0 fully saturated rings. The van der Waals surface area contributed by atoms with Gasteiger partial charge in [0.2, 0.25) is 5.96 Å². The van der Waals surface area contributed by atoms with Gasteiger partial charge in [-0.05, 0) is 24.1 Å². The average Bonchev–Trinajstić information content (AvgIpc) is 2.48. The summed E-state index contributed by atoms with van der Waals surface area (Å²) in [5.74, 6) is 2.34. The normalized spacial score (nSPS) is 13.9. The molecule has 5 heteroatoms. The quantitative estimate of drug-likeness (QED) is 0.877. The summed E-state index contributed by atoms with van der Waals surface area (Å²) >= 11 is 0. The molecule has 1 aromatic rings. The van der Waals surface area contributed by atoms with Gasteiger partial charge in [0, 0.05) is 31.8 Å². The highest BCUT2D eigenvalue weighted by Crippen LogP contribution is 2.22. The maximum atomic E-state index is 5.25. The fraction of sp³-hybridized carbons (Fsp3) is 0.429. The third-order valence-electron chi connectivity index (χ3n) is 2.84. The minimum atomic E-state index is 0.723.